The number of rotatable bonds is 4. The Bertz CT molecular complexity index is 596. The molecule has 0 bridgehead atoms. The van der Waals surface area contributed by atoms with Crippen LogP contribution in [0.3, 0.4) is 0 Å². The van der Waals surface area contributed by atoms with Crippen LogP contribution in [-0.4, -0.2) is 25.2 Å². The highest BCUT2D eigenvalue weighted by atomic mass is 16.1. The number of hydrogen-bond acceptors (Lipinski definition) is 3. The summed E-state index contributed by atoms with van der Waals surface area (Å²) in [5.41, 5.74) is 3.11. The number of nitrogens with one attached hydrogen (secondary N) is 1. The zero-order valence-electron chi connectivity index (χ0n) is 11.8. The van der Waals surface area contributed by atoms with E-state index in [1.54, 1.807) is 6.20 Å². The molecule has 102 valence electrons. The molecule has 2 heterocycles. The van der Waals surface area contributed by atoms with Gasteiger partial charge in [0.05, 0.1) is 12.1 Å². The minimum atomic E-state index is -0.0306. The first-order chi connectivity index (χ1) is 8.99. The van der Waals surface area contributed by atoms with Crippen LogP contribution in [0.25, 0.3) is 0 Å². The van der Waals surface area contributed by atoms with Crippen molar-refractivity contribution in [1.82, 2.24) is 24.6 Å². The van der Waals surface area contributed by atoms with Gasteiger partial charge in [-0.2, -0.15) is 5.10 Å². The molecule has 0 atom stereocenters. The zero-order chi connectivity index (χ0) is 14.0. The van der Waals surface area contributed by atoms with E-state index in [1.807, 2.05) is 43.4 Å². The fraction of sp³-hybridized carbons (Fsp3) is 0.462. The summed E-state index contributed by atoms with van der Waals surface area (Å²) in [5, 5.41) is 7.24. The second kappa shape index (κ2) is 5.26. The van der Waals surface area contributed by atoms with Gasteiger partial charge in [0.25, 0.3) is 0 Å². The van der Waals surface area contributed by atoms with E-state index in [0.29, 0.717) is 13.0 Å². The number of carbonyl (C=O) groups excluding carboxylic acids is 1. The molecule has 6 heteroatoms. The van der Waals surface area contributed by atoms with Crippen molar-refractivity contribution in [2.75, 3.05) is 0 Å². The van der Waals surface area contributed by atoms with E-state index >= 15 is 0 Å². The van der Waals surface area contributed by atoms with E-state index in [4.69, 9.17) is 0 Å². The topological polar surface area (TPSA) is 64.7 Å². The molecule has 0 aliphatic rings. The lowest BCUT2D eigenvalue weighted by molar-refractivity contribution is -0.120. The summed E-state index contributed by atoms with van der Waals surface area (Å²) >= 11 is 0. The molecule has 0 fully saturated rings. The predicted octanol–water partition coefficient (Wildman–Crippen LogP) is 0.629. The zero-order valence-corrected chi connectivity index (χ0v) is 11.8. The fourth-order valence-electron chi connectivity index (χ4n) is 2.03. The van der Waals surface area contributed by atoms with Gasteiger partial charge in [0, 0.05) is 44.3 Å². The maximum Gasteiger partial charge on any atom is 0.227 e. The van der Waals surface area contributed by atoms with Gasteiger partial charge in [0.15, 0.2) is 0 Å². The van der Waals surface area contributed by atoms with Gasteiger partial charge < -0.3 is 9.88 Å². The van der Waals surface area contributed by atoms with Gasteiger partial charge in [-0.3, -0.25) is 9.48 Å². The van der Waals surface area contributed by atoms with E-state index < -0.39 is 0 Å². The molecule has 0 aromatic carbocycles. The van der Waals surface area contributed by atoms with Gasteiger partial charge in [-0.15, -0.1) is 0 Å². The summed E-state index contributed by atoms with van der Waals surface area (Å²) in [5.74, 6) is 0.731. The maximum absolute atomic E-state index is 11.9. The van der Waals surface area contributed by atoms with Crippen LogP contribution in [-0.2, 0) is 31.9 Å². The Kier molecular flexibility index (Phi) is 3.69. The summed E-state index contributed by atoms with van der Waals surface area (Å²) in [6.07, 6.45) is 3.82. The van der Waals surface area contributed by atoms with E-state index in [9.17, 15) is 4.79 Å². The van der Waals surface area contributed by atoms with E-state index in [0.717, 1.165) is 22.8 Å². The monoisotopic (exact) mass is 261 g/mol. The molecule has 0 aliphatic heterocycles. The Hall–Kier alpha value is -2.11. The van der Waals surface area contributed by atoms with Gasteiger partial charge in [-0.25, -0.2) is 4.98 Å². The molecule has 0 spiro atoms. The third kappa shape index (κ3) is 2.83. The third-order valence-electron chi connectivity index (χ3n) is 3.36. The molecule has 2 rings (SSSR count). The van der Waals surface area contributed by atoms with Crippen LogP contribution in [0.1, 0.15) is 22.8 Å². The normalized spacial score (nSPS) is 10.7. The number of amides is 1. The highest BCUT2D eigenvalue weighted by molar-refractivity contribution is 5.77. The number of aromatic nitrogens is 4. The Morgan fingerprint density at radius 3 is 2.63 bits per heavy atom. The molecule has 0 saturated heterocycles. The average molecular weight is 261 g/mol. The summed E-state index contributed by atoms with van der Waals surface area (Å²) < 4.78 is 3.68. The van der Waals surface area contributed by atoms with Crippen molar-refractivity contribution in [3.8, 4) is 0 Å². The number of aryl methyl sites for hydroxylation is 3. The van der Waals surface area contributed by atoms with Crippen LogP contribution in [0, 0.1) is 13.8 Å². The largest absolute Gasteiger partial charge is 0.351 e. The molecular formula is C13H19N5O. The van der Waals surface area contributed by atoms with E-state index in [-0.39, 0.29) is 5.91 Å². The molecule has 2 aromatic heterocycles. The standard InChI is InChI=1S/C13H19N5O/c1-9-11(10(2)18(4)16-9)8-15-13(19)7-12-14-5-6-17(12)3/h5-6H,7-8H2,1-4H3,(H,15,19). The van der Waals surface area contributed by atoms with Crippen LogP contribution < -0.4 is 5.32 Å². The van der Waals surface area contributed by atoms with Gasteiger partial charge in [-0.1, -0.05) is 0 Å². The number of nitrogens with zero attached hydrogens (tertiary/aromatic N) is 4. The molecule has 2 aromatic rings. The van der Waals surface area contributed by atoms with Gasteiger partial charge >= 0.3 is 0 Å². The molecule has 0 saturated carbocycles. The highest BCUT2D eigenvalue weighted by Crippen LogP contribution is 2.11. The Morgan fingerprint density at radius 2 is 2.11 bits per heavy atom. The van der Waals surface area contributed by atoms with Crippen LogP contribution in [0.5, 0.6) is 0 Å². The second-order valence-corrected chi connectivity index (χ2v) is 4.68. The van der Waals surface area contributed by atoms with Crippen LogP contribution in [0.2, 0.25) is 0 Å². The summed E-state index contributed by atoms with van der Waals surface area (Å²) in [6.45, 7) is 4.46. The molecule has 0 aliphatic carbocycles. The second-order valence-electron chi connectivity index (χ2n) is 4.68. The SMILES string of the molecule is Cc1nn(C)c(C)c1CNC(=O)Cc1nccn1C. The van der Waals surface area contributed by atoms with Crippen LogP contribution in [0.4, 0.5) is 0 Å². The lowest BCUT2D eigenvalue weighted by Gasteiger charge is -2.06. The van der Waals surface area contributed by atoms with Gasteiger partial charge in [-0.05, 0) is 13.8 Å². The molecule has 0 unspecified atom stereocenters. The first-order valence-corrected chi connectivity index (χ1v) is 6.21. The average Bonchev–Trinajstić information content (AvgIpc) is 2.84. The number of carbonyl (C=O) groups is 1. The van der Waals surface area contributed by atoms with Crippen molar-refractivity contribution in [3.05, 3.63) is 35.2 Å². The van der Waals surface area contributed by atoms with Crippen molar-refractivity contribution in [1.29, 1.82) is 0 Å². The lowest BCUT2D eigenvalue weighted by Crippen LogP contribution is -2.26. The van der Waals surface area contributed by atoms with Crippen LogP contribution >= 0.6 is 0 Å². The van der Waals surface area contributed by atoms with Crippen molar-refractivity contribution >= 4 is 5.91 Å². The number of hydrogen-bond donors (Lipinski definition) is 1. The summed E-state index contributed by atoms with van der Waals surface area (Å²) in [6, 6.07) is 0. The first kappa shape index (κ1) is 13.3. The highest BCUT2D eigenvalue weighted by Gasteiger charge is 2.12. The molecule has 0 radical (unpaired) electrons. The van der Waals surface area contributed by atoms with Gasteiger partial charge in [0.2, 0.25) is 5.91 Å². The summed E-state index contributed by atoms with van der Waals surface area (Å²) in [4.78, 5) is 16.0. The Balaban J connectivity index is 1.95. The van der Waals surface area contributed by atoms with Crippen molar-refractivity contribution < 1.29 is 4.79 Å². The predicted molar refractivity (Wildman–Crippen MR) is 71.4 cm³/mol. The smallest absolute Gasteiger partial charge is 0.227 e. The summed E-state index contributed by atoms with van der Waals surface area (Å²) in [7, 11) is 3.78. The third-order valence-corrected chi connectivity index (χ3v) is 3.36. The molecule has 1 N–H and O–H groups in total. The van der Waals surface area contributed by atoms with E-state index in [1.165, 1.54) is 0 Å². The fourth-order valence-corrected chi connectivity index (χ4v) is 2.03. The maximum atomic E-state index is 11.9. The molecule has 1 amide bonds. The van der Waals surface area contributed by atoms with Gasteiger partial charge in [0.1, 0.15) is 5.82 Å². The minimum absolute atomic E-state index is 0.0306. The van der Waals surface area contributed by atoms with Crippen molar-refractivity contribution in [2.24, 2.45) is 14.1 Å². The Morgan fingerprint density at radius 1 is 1.37 bits per heavy atom. The Labute approximate surface area is 112 Å². The van der Waals surface area contributed by atoms with Crippen molar-refractivity contribution in [3.63, 3.8) is 0 Å². The van der Waals surface area contributed by atoms with Crippen molar-refractivity contribution in [2.45, 2.75) is 26.8 Å². The molecule has 6 nitrogen and oxygen atoms in total. The first-order valence-electron chi connectivity index (χ1n) is 6.21. The molecular weight excluding hydrogens is 242 g/mol. The minimum Gasteiger partial charge on any atom is -0.351 e. The van der Waals surface area contributed by atoms with E-state index in [2.05, 4.69) is 15.4 Å². The quantitative estimate of drug-likeness (QED) is 0.878. The lowest BCUT2D eigenvalue weighted by atomic mass is 10.2. The molecule has 19 heavy (non-hydrogen) atoms. The number of imidazole rings is 1. The van der Waals surface area contributed by atoms with Crippen LogP contribution in [0.15, 0.2) is 12.4 Å².